The van der Waals surface area contributed by atoms with Crippen LogP contribution in [0, 0.1) is 0 Å². The molecule has 12 heteroatoms. The molecule has 2 unspecified atom stereocenters. The molecule has 5 heterocycles. The third kappa shape index (κ3) is 6.79. The quantitative estimate of drug-likeness (QED) is 0.229. The van der Waals surface area contributed by atoms with Crippen molar-refractivity contribution in [1.29, 1.82) is 0 Å². The maximum Gasteiger partial charge on any atom is 0.256 e. The van der Waals surface area contributed by atoms with Crippen LogP contribution >= 0.6 is 0 Å². The van der Waals surface area contributed by atoms with Gasteiger partial charge in [0.2, 0.25) is 17.7 Å². The second kappa shape index (κ2) is 13.9. The van der Waals surface area contributed by atoms with Gasteiger partial charge in [0, 0.05) is 60.4 Å². The number of pyridine rings is 2. The van der Waals surface area contributed by atoms with Crippen molar-refractivity contribution < 1.29 is 23.6 Å². The average molecular weight is 656 g/mol. The Bertz CT molecular complexity index is 1820. The van der Waals surface area contributed by atoms with Gasteiger partial charge in [0.05, 0.1) is 17.3 Å². The molecular formula is C37H33N7O5. The summed E-state index contributed by atoms with van der Waals surface area (Å²) in [4.78, 5) is 67.9. The van der Waals surface area contributed by atoms with Gasteiger partial charge < -0.3 is 24.9 Å². The van der Waals surface area contributed by atoms with Crippen molar-refractivity contribution in [2.45, 2.75) is 37.8 Å². The molecule has 0 saturated carbocycles. The fourth-order valence-corrected chi connectivity index (χ4v) is 6.28. The highest BCUT2D eigenvalue weighted by Crippen LogP contribution is 2.29. The molecule has 7 rings (SSSR count). The van der Waals surface area contributed by atoms with E-state index in [0.717, 1.165) is 24.0 Å². The van der Waals surface area contributed by atoms with Gasteiger partial charge >= 0.3 is 0 Å². The molecule has 2 atom stereocenters. The van der Waals surface area contributed by atoms with Gasteiger partial charge in [-0.25, -0.2) is 4.98 Å². The van der Waals surface area contributed by atoms with Crippen LogP contribution in [-0.2, 0) is 9.59 Å². The van der Waals surface area contributed by atoms with E-state index < -0.39 is 12.1 Å². The van der Waals surface area contributed by atoms with Crippen molar-refractivity contribution in [3.8, 4) is 22.8 Å². The number of amides is 4. The van der Waals surface area contributed by atoms with Crippen LogP contribution in [0.15, 0.2) is 108 Å². The van der Waals surface area contributed by atoms with E-state index in [9.17, 15) is 19.2 Å². The maximum atomic E-state index is 13.1. The van der Waals surface area contributed by atoms with Gasteiger partial charge in [0.15, 0.2) is 5.76 Å². The fourth-order valence-electron chi connectivity index (χ4n) is 6.28. The number of carbonyl (C=O) groups is 4. The smallest absolute Gasteiger partial charge is 0.256 e. The van der Waals surface area contributed by atoms with E-state index in [1.54, 1.807) is 76.9 Å². The first-order chi connectivity index (χ1) is 23.9. The zero-order valence-corrected chi connectivity index (χ0v) is 26.5. The Morgan fingerprint density at radius 2 is 1.12 bits per heavy atom. The van der Waals surface area contributed by atoms with Gasteiger partial charge in [0.1, 0.15) is 12.1 Å². The molecule has 0 aliphatic carbocycles. The lowest BCUT2D eigenvalue weighted by molar-refractivity contribution is -0.120. The minimum absolute atomic E-state index is 0.202. The van der Waals surface area contributed by atoms with Crippen LogP contribution in [0.4, 0.5) is 11.4 Å². The molecule has 0 radical (unpaired) electrons. The molecule has 12 nitrogen and oxygen atoms in total. The van der Waals surface area contributed by atoms with Crippen LogP contribution in [0.3, 0.4) is 0 Å². The molecule has 2 aliphatic rings. The summed E-state index contributed by atoms with van der Waals surface area (Å²) < 4.78 is 6.04. The topological polar surface area (TPSA) is 151 Å². The Kier molecular flexibility index (Phi) is 8.92. The summed E-state index contributed by atoms with van der Waals surface area (Å²) in [5, 5.41) is 5.87. The van der Waals surface area contributed by atoms with E-state index in [2.05, 4.69) is 25.6 Å². The largest absolute Gasteiger partial charge is 0.436 e. The van der Waals surface area contributed by atoms with Gasteiger partial charge in [-0.1, -0.05) is 0 Å². The van der Waals surface area contributed by atoms with Gasteiger partial charge in [-0.05, 0) is 98.5 Å². The second-order valence-electron chi connectivity index (χ2n) is 12.0. The number of carbonyl (C=O) groups excluding carboxylic acids is 4. The molecule has 2 aliphatic heterocycles. The zero-order valence-electron chi connectivity index (χ0n) is 26.5. The van der Waals surface area contributed by atoms with Gasteiger partial charge in [-0.2, -0.15) is 0 Å². The van der Waals surface area contributed by atoms with E-state index in [1.165, 1.54) is 12.4 Å². The Labute approximate surface area is 282 Å². The predicted octanol–water partition coefficient (Wildman–Crippen LogP) is 5.29. The molecule has 2 fully saturated rings. The molecule has 0 spiro atoms. The third-order valence-electron chi connectivity index (χ3n) is 8.79. The van der Waals surface area contributed by atoms with E-state index in [4.69, 9.17) is 4.42 Å². The van der Waals surface area contributed by atoms with Gasteiger partial charge in [0.25, 0.3) is 11.8 Å². The van der Waals surface area contributed by atoms with Crippen molar-refractivity contribution in [1.82, 2.24) is 24.8 Å². The highest BCUT2D eigenvalue weighted by atomic mass is 16.4. The summed E-state index contributed by atoms with van der Waals surface area (Å²) >= 11 is 0. The molecular weight excluding hydrogens is 622 g/mol. The zero-order chi connectivity index (χ0) is 33.7. The number of nitrogens with one attached hydrogen (secondary N) is 2. The maximum absolute atomic E-state index is 13.1. The summed E-state index contributed by atoms with van der Waals surface area (Å²) in [6.45, 7) is 1.04. The standard InChI is InChI=1S/C37H33N7O5/c45-33(30-7-3-19-43(30)36(47)26-5-1-17-38-21-26)41-28-13-9-24(10-14-28)32-23-40-35(49-32)25-11-15-29(16-12-25)42-34(46)31-8-4-20-44(31)37(48)27-6-2-18-39-22-27/h1-2,5-6,9-18,21-23,30-31H,3-4,7-8,19-20H2,(H,41,45)(H,42,46). The van der Waals surface area contributed by atoms with Crippen LogP contribution in [-0.4, -0.2) is 73.6 Å². The van der Waals surface area contributed by atoms with Gasteiger partial charge in [-0.15, -0.1) is 0 Å². The van der Waals surface area contributed by atoms with Crippen LogP contribution in [0.25, 0.3) is 22.8 Å². The number of hydrogen-bond acceptors (Lipinski definition) is 8. The lowest BCUT2D eigenvalue weighted by Gasteiger charge is -2.24. The monoisotopic (exact) mass is 655 g/mol. The van der Waals surface area contributed by atoms with Crippen LogP contribution in [0.2, 0.25) is 0 Å². The Morgan fingerprint density at radius 3 is 1.59 bits per heavy atom. The van der Waals surface area contributed by atoms with Crippen LogP contribution in [0.5, 0.6) is 0 Å². The molecule has 49 heavy (non-hydrogen) atoms. The van der Waals surface area contributed by atoms with Crippen molar-refractivity contribution in [2.75, 3.05) is 23.7 Å². The summed E-state index contributed by atoms with van der Waals surface area (Å²) in [5.41, 5.74) is 3.63. The van der Waals surface area contributed by atoms with E-state index in [0.29, 0.717) is 60.1 Å². The minimum atomic E-state index is -0.555. The normalized spacial score (nSPS) is 17.1. The number of benzene rings is 2. The Morgan fingerprint density at radius 1 is 0.633 bits per heavy atom. The fraction of sp³-hybridized carbons (Fsp3) is 0.216. The Balaban J connectivity index is 0.952. The molecule has 2 aromatic carbocycles. The molecule has 4 amide bonds. The lowest BCUT2D eigenvalue weighted by Crippen LogP contribution is -2.43. The first kappa shape index (κ1) is 31.4. The van der Waals surface area contributed by atoms with Crippen molar-refractivity contribution in [3.05, 3.63) is 115 Å². The van der Waals surface area contributed by atoms with Crippen molar-refractivity contribution in [3.63, 3.8) is 0 Å². The average Bonchev–Trinajstić information content (AvgIpc) is 3.94. The summed E-state index contributed by atoms with van der Waals surface area (Å²) in [6.07, 6.45) is 10.6. The highest BCUT2D eigenvalue weighted by molar-refractivity contribution is 6.02. The predicted molar refractivity (Wildman–Crippen MR) is 181 cm³/mol. The number of nitrogens with zero attached hydrogens (tertiary/aromatic N) is 5. The summed E-state index contributed by atoms with van der Waals surface area (Å²) in [7, 11) is 0. The summed E-state index contributed by atoms with van der Waals surface area (Å²) in [6, 6.07) is 20.1. The number of rotatable bonds is 8. The number of anilines is 2. The van der Waals surface area contributed by atoms with E-state index >= 15 is 0 Å². The summed E-state index contributed by atoms with van der Waals surface area (Å²) in [5.74, 6) is 0.0864. The van der Waals surface area contributed by atoms with Crippen molar-refractivity contribution >= 4 is 35.0 Å². The lowest BCUT2D eigenvalue weighted by atomic mass is 10.1. The highest BCUT2D eigenvalue weighted by Gasteiger charge is 2.36. The molecule has 2 N–H and O–H groups in total. The molecule has 3 aromatic heterocycles. The molecule has 0 bridgehead atoms. The second-order valence-corrected chi connectivity index (χ2v) is 12.0. The van der Waals surface area contributed by atoms with E-state index in [1.807, 2.05) is 24.3 Å². The molecule has 5 aromatic rings. The Hall–Kier alpha value is -6.17. The number of likely N-dealkylation sites (tertiary alicyclic amines) is 2. The first-order valence-electron chi connectivity index (χ1n) is 16.1. The first-order valence-corrected chi connectivity index (χ1v) is 16.1. The number of oxazole rings is 1. The van der Waals surface area contributed by atoms with Crippen LogP contribution < -0.4 is 10.6 Å². The number of hydrogen-bond donors (Lipinski definition) is 2. The third-order valence-corrected chi connectivity index (χ3v) is 8.79. The SMILES string of the molecule is O=C(Nc1ccc(-c2cnc(-c3ccc(NC(=O)C4CCCN4C(=O)c4cccnc4)cc3)o2)cc1)C1CCCN1C(=O)c1cccnc1. The minimum Gasteiger partial charge on any atom is -0.436 e. The van der Waals surface area contributed by atoms with Gasteiger partial charge in [-0.3, -0.25) is 29.1 Å². The number of aromatic nitrogens is 3. The molecule has 246 valence electrons. The van der Waals surface area contributed by atoms with Crippen LogP contribution in [0.1, 0.15) is 46.4 Å². The molecule has 2 saturated heterocycles. The van der Waals surface area contributed by atoms with E-state index in [-0.39, 0.29) is 23.6 Å². The van der Waals surface area contributed by atoms with Crippen molar-refractivity contribution in [2.24, 2.45) is 0 Å².